The van der Waals surface area contributed by atoms with Gasteiger partial charge >= 0.3 is 0 Å². The van der Waals surface area contributed by atoms with Gasteiger partial charge < -0.3 is 9.80 Å². The van der Waals surface area contributed by atoms with Crippen LogP contribution in [0.2, 0.25) is 0 Å². The van der Waals surface area contributed by atoms with Crippen LogP contribution in [0, 0.1) is 6.92 Å². The molecule has 0 radical (unpaired) electrons. The number of piperazine rings is 1. The van der Waals surface area contributed by atoms with Crippen LogP contribution in [0.1, 0.15) is 12.6 Å². The molecule has 3 heterocycles. The number of rotatable bonds is 4. The highest BCUT2D eigenvalue weighted by Gasteiger charge is 2.19. The Bertz CT molecular complexity index is 1040. The molecular formula is C20H23BrN6O. The fraction of sp³-hybridized carbons (Fsp3) is 0.350. The molecule has 1 saturated heterocycles. The highest BCUT2D eigenvalue weighted by atomic mass is 79.9. The van der Waals surface area contributed by atoms with Gasteiger partial charge in [-0.05, 0) is 41.5 Å². The SMILES string of the molecule is CCN1CCN(c2ncc(-c3cc(=O)n(-c4ccccc4Br)[nH]3)c(C)n2)CC1. The average Bonchev–Trinajstić information content (AvgIpc) is 3.09. The Balaban J connectivity index is 1.62. The molecule has 0 bridgehead atoms. The number of nitrogens with zero attached hydrogens (tertiary/aromatic N) is 5. The number of halogens is 1. The van der Waals surface area contributed by atoms with Crippen molar-refractivity contribution in [1.82, 2.24) is 24.6 Å². The molecule has 1 fully saturated rings. The molecule has 0 saturated carbocycles. The predicted octanol–water partition coefficient (Wildman–Crippen LogP) is 2.84. The molecule has 0 spiro atoms. The normalized spacial score (nSPS) is 15.2. The van der Waals surface area contributed by atoms with Crippen molar-refractivity contribution in [2.75, 3.05) is 37.6 Å². The first-order valence-corrected chi connectivity index (χ1v) is 10.2. The minimum atomic E-state index is -0.124. The van der Waals surface area contributed by atoms with Gasteiger partial charge in [0.25, 0.3) is 5.56 Å². The zero-order valence-corrected chi connectivity index (χ0v) is 17.6. The summed E-state index contributed by atoms with van der Waals surface area (Å²) in [5.41, 5.74) is 3.03. The first kappa shape index (κ1) is 18.9. The van der Waals surface area contributed by atoms with E-state index in [0.29, 0.717) is 5.69 Å². The highest BCUT2D eigenvalue weighted by Crippen LogP contribution is 2.23. The molecule has 0 amide bonds. The zero-order chi connectivity index (χ0) is 19.7. The number of anilines is 1. The van der Waals surface area contributed by atoms with E-state index in [9.17, 15) is 4.79 Å². The molecule has 4 rings (SSSR count). The summed E-state index contributed by atoms with van der Waals surface area (Å²) in [6.07, 6.45) is 1.81. The number of hydrogen-bond acceptors (Lipinski definition) is 5. The molecule has 7 nitrogen and oxygen atoms in total. The lowest BCUT2D eigenvalue weighted by atomic mass is 10.2. The van der Waals surface area contributed by atoms with Crippen LogP contribution in [0.3, 0.4) is 0 Å². The molecule has 0 unspecified atom stereocenters. The van der Waals surface area contributed by atoms with Gasteiger partial charge in [0.1, 0.15) is 0 Å². The van der Waals surface area contributed by atoms with Crippen LogP contribution in [0.5, 0.6) is 0 Å². The second kappa shape index (κ2) is 7.89. The van der Waals surface area contributed by atoms with E-state index in [1.165, 1.54) is 4.68 Å². The maximum atomic E-state index is 12.5. The number of benzene rings is 1. The lowest BCUT2D eigenvalue weighted by Gasteiger charge is -2.34. The molecular weight excluding hydrogens is 420 g/mol. The molecule has 3 aromatic rings. The van der Waals surface area contributed by atoms with Crippen molar-refractivity contribution in [2.24, 2.45) is 0 Å². The van der Waals surface area contributed by atoms with E-state index in [0.717, 1.165) is 60.1 Å². The van der Waals surface area contributed by atoms with Crippen molar-refractivity contribution in [3.05, 3.63) is 57.0 Å². The summed E-state index contributed by atoms with van der Waals surface area (Å²) < 4.78 is 2.37. The molecule has 0 atom stereocenters. The lowest BCUT2D eigenvalue weighted by molar-refractivity contribution is 0.270. The van der Waals surface area contributed by atoms with Gasteiger partial charge in [-0.25, -0.2) is 14.6 Å². The van der Waals surface area contributed by atoms with Gasteiger partial charge in [0, 0.05) is 48.5 Å². The van der Waals surface area contributed by atoms with Gasteiger partial charge in [0.05, 0.1) is 17.1 Å². The van der Waals surface area contributed by atoms with Crippen molar-refractivity contribution in [1.29, 1.82) is 0 Å². The molecule has 28 heavy (non-hydrogen) atoms. The minimum absolute atomic E-state index is 0.124. The van der Waals surface area contributed by atoms with Gasteiger partial charge in [-0.2, -0.15) is 0 Å². The largest absolute Gasteiger partial charge is 0.338 e. The first-order chi connectivity index (χ1) is 13.6. The fourth-order valence-corrected chi connectivity index (χ4v) is 3.94. The Morgan fingerprint density at radius 2 is 1.93 bits per heavy atom. The summed E-state index contributed by atoms with van der Waals surface area (Å²) in [5, 5.41) is 3.18. The number of nitrogens with one attached hydrogen (secondary N) is 1. The summed E-state index contributed by atoms with van der Waals surface area (Å²) in [6, 6.07) is 9.19. The molecule has 0 aliphatic carbocycles. The van der Waals surface area contributed by atoms with Crippen molar-refractivity contribution in [3.63, 3.8) is 0 Å². The van der Waals surface area contributed by atoms with Crippen molar-refractivity contribution in [3.8, 4) is 16.9 Å². The number of H-pyrrole nitrogens is 1. The quantitative estimate of drug-likeness (QED) is 0.672. The summed E-state index contributed by atoms with van der Waals surface area (Å²) in [7, 11) is 0. The van der Waals surface area contributed by atoms with E-state index in [1.54, 1.807) is 12.3 Å². The Kier molecular flexibility index (Phi) is 5.32. The van der Waals surface area contributed by atoms with Gasteiger partial charge in [0.15, 0.2) is 0 Å². The van der Waals surface area contributed by atoms with Crippen LogP contribution in [-0.4, -0.2) is 57.4 Å². The van der Waals surface area contributed by atoms with E-state index in [2.05, 4.69) is 42.7 Å². The number of aromatic nitrogens is 4. The first-order valence-electron chi connectivity index (χ1n) is 9.45. The summed E-state index contributed by atoms with van der Waals surface area (Å²) in [6.45, 7) is 9.15. The standard InChI is InChI=1S/C20H23BrN6O/c1-3-25-8-10-26(11-9-25)20-22-13-15(14(2)23-20)17-12-19(28)27(24-17)18-7-5-4-6-16(18)21/h4-7,12-13,24H,3,8-11H2,1-2H3. The third-order valence-electron chi connectivity index (χ3n) is 5.17. The second-order valence-electron chi connectivity index (χ2n) is 6.89. The lowest BCUT2D eigenvalue weighted by Crippen LogP contribution is -2.46. The van der Waals surface area contributed by atoms with Gasteiger partial charge in [0.2, 0.25) is 5.95 Å². The maximum absolute atomic E-state index is 12.5. The number of likely N-dealkylation sites (N-methyl/N-ethyl adjacent to an activating group) is 1. The van der Waals surface area contributed by atoms with Crippen LogP contribution >= 0.6 is 15.9 Å². The number of para-hydroxylation sites is 1. The summed E-state index contributed by atoms with van der Waals surface area (Å²) in [5.74, 6) is 0.754. The van der Waals surface area contributed by atoms with Crippen molar-refractivity contribution >= 4 is 21.9 Å². The fourth-order valence-electron chi connectivity index (χ4n) is 3.48. The smallest absolute Gasteiger partial charge is 0.271 e. The summed E-state index contributed by atoms with van der Waals surface area (Å²) >= 11 is 3.50. The summed E-state index contributed by atoms with van der Waals surface area (Å²) in [4.78, 5) is 26.4. The monoisotopic (exact) mass is 442 g/mol. The Morgan fingerprint density at radius 3 is 2.61 bits per heavy atom. The van der Waals surface area contributed by atoms with Crippen LogP contribution in [0.15, 0.2) is 45.8 Å². The third-order valence-corrected chi connectivity index (χ3v) is 5.84. The minimum Gasteiger partial charge on any atom is -0.338 e. The predicted molar refractivity (Wildman–Crippen MR) is 114 cm³/mol. The highest BCUT2D eigenvalue weighted by molar-refractivity contribution is 9.10. The van der Waals surface area contributed by atoms with Crippen molar-refractivity contribution < 1.29 is 0 Å². The molecule has 1 aromatic carbocycles. The van der Waals surface area contributed by atoms with Crippen LogP contribution < -0.4 is 10.5 Å². The van der Waals surface area contributed by atoms with Crippen LogP contribution in [0.4, 0.5) is 5.95 Å². The number of aryl methyl sites for hydroxylation is 1. The molecule has 1 N–H and O–H groups in total. The Labute approximate surface area is 172 Å². The van der Waals surface area contributed by atoms with Gasteiger partial charge in [-0.1, -0.05) is 19.1 Å². The molecule has 2 aromatic heterocycles. The molecule has 1 aliphatic heterocycles. The van der Waals surface area contributed by atoms with Gasteiger partial charge in [-0.15, -0.1) is 0 Å². The van der Waals surface area contributed by atoms with Crippen LogP contribution in [0.25, 0.3) is 16.9 Å². The van der Waals surface area contributed by atoms with Crippen molar-refractivity contribution in [2.45, 2.75) is 13.8 Å². The second-order valence-corrected chi connectivity index (χ2v) is 7.74. The molecule has 146 valence electrons. The third kappa shape index (κ3) is 3.62. The van der Waals surface area contributed by atoms with E-state index in [4.69, 9.17) is 4.98 Å². The van der Waals surface area contributed by atoms with E-state index >= 15 is 0 Å². The number of aromatic amines is 1. The Hall–Kier alpha value is -2.45. The van der Waals surface area contributed by atoms with E-state index < -0.39 is 0 Å². The molecule has 8 heteroatoms. The van der Waals surface area contributed by atoms with E-state index in [1.807, 2.05) is 31.2 Å². The molecule has 1 aliphatic rings. The Morgan fingerprint density at radius 1 is 1.18 bits per heavy atom. The van der Waals surface area contributed by atoms with E-state index in [-0.39, 0.29) is 5.56 Å². The zero-order valence-electron chi connectivity index (χ0n) is 16.0. The van der Waals surface area contributed by atoms with Gasteiger partial charge in [-0.3, -0.25) is 9.89 Å². The maximum Gasteiger partial charge on any atom is 0.271 e. The van der Waals surface area contributed by atoms with Crippen LogP contribution in [-0.2, 0) is 0 Å². The number of hydrogen-bond donors (Lipinski definition) is 1. The topological polar surface area (TPSA) is 70.0 Å². The average molecular weight is 443 g/mol.